The molecule has 10 heteroatoms. The number of carbonyl (C=O) groups excluding carboxylic acids is 2. The van der Waals surface area contributed by atoms with E-state index in [1.54, 1.807) is 42.5 Å². The number of hydrogen-bond donors (Lipinski definition) is 2. The molecule has 0 radical (unpaired) electrons. The molecule has 0 aliphatic heterocycles. The van der Waals surface area contributed by atoms with E-state index in [2.05, 4.69) is 5.32 Å². The number of furan rings is 1. The summed E-state index contributed by atoms with van der Waals surface area (Å²) in [6.07, 6.45) is 1.30. The molecular formula is C27H22F2N2O6. The topological polar surface area (TPSA) is 109 Å². The Balaban J connectivity index is 1.47. The molecule has 4 rings (SSSR count). The van der Waals surface area contributed by atoms with Gasteiger partial charge in [0, 0.05) is 18.2 Å². The molecule has 1 aromatic heterocycles. The molecule has 1 heterocycles. The van der Waals surface area contributed by atoms with E-state index in [9.17, 15) is 23.2 Å². The number of carboxylic acids is 1. The van der Waals surface area contributed by atoms with Crippen LogP contribution in [0.2, 0.25) is 0 Å². The quantitative estimate of drug-likeness (QED) is 0.350. The van der Waals surface area contributed by atoms with Crippen molar-refractivity contribution >= 4 is 28.8 Å². The molecule has 8 nitrogen and oxygen atoms in total. The molecule has 2 amide bonds. The zero-order valence-corrected chi connectivity index (χ0v) is 19.7. The van der Waals surface area contributed by atoms with Crippen molar-refractivity contribution in [2.75, 3.05) is 20.1 Å². The highest BCUT2D eigenvalue weighted by Gasteiger charge is 2.21. The second-order valence-electron chi connectivity index (χ2n) is 8.12. The van der Waals surface area contributed by atoms with Crippen molar-refractivity contribution in [2.45, 2.75) is 6.61 Å². The number of carbonyl (C=O) groups is 3. The number of benzene rings is 3. The summed E-state index contributed by atoms with van der Waals surface area (Å²) in [5.41, 5.74) is 2.10. The van der Waals surface area contributed by atoms with E-state index < -0.39 is 42.5 Å². The normalized spacial score (nSPS) is 10.8. The molecule has 37 heavy (non-hydrogen) atoms. The van der Waals surface area contributed by atoms with Gasteiger partial charge in [0.05, 0.1) is 11.6 Å². The summed E-state index contributed by atoms with van der Waals surface area (Å²) >= 11 is 0. The van der Waals surface area contributed by atoms with Crippen molar-refractivity contribution in [3.05, 3.63) is 89.7 Å². The number of amides is 2. The van der Waals surface area contributed by atoms with E-state index in [0.717, 1.165) is 11.0 Å². The molecule has 4 aromatic rings. The SMILES string of the molecule is CNC(=O)CN(CC(=O)O)C(=O)c1cccc(COc2ccc(-c3cc(F)c(F)c4ccoc34)cc2)c1. The molecule has 3 aromatic carbocycles. The second-order valence-corrected chi connectivity index (χ2v) is 8.12. The van der Waals surface area contributed by atoms with Crippen LogP contribution in [0.5, 0.6) is 5.75 Å². The number of nitrogens with zero attached hydrogens (tertiary/aromatic N) is 1. The molecule has 0 atom stereocenters. The van der Waals surface area contributed by atoms with Crippen LogP contribution < -0.4 is 10.1 Å². The standard InChI is InChI=1S/C27H22F2N2O6/c1-30-23(32)13-31(14-24(33)34)27(35)18-4-2-3-16(11-18)15-37-19-7-5-17(6-8-19)21-12-22(28)25(29)20-9-10-36-26(20)21/h2-12H,13-15H2,1H3,(H,30,32)(H,33,34). The Morgan fingerprint density at radius 3 is 2.49 bits per heavy atom. The van der Waals surface area contributed by atoms with E-state index >= 15 is 0 Å². The number of likely N-dealkylation sites (N-methyl/N-ethyl adjacent to an activating group) is 1. The lowest BCUT2D eigenvalue weighted by Crippen LogP contribution is -2.42. The van der Waals surface area contributed by atoms with Crippen molar-refractivity contribution in [1.82, 2.24) is 10.2 Å². The average Bonchev–Trinajstić information content (AvgIpc) is 3.39. The molecule has 0 spiro atoms. The van der Waals surface area contributed by atoms with E-state index in [4.69, 9.17) is 14.3 Å². The average molecular weight is 508 g/mol. The number of halogens is 2. The lowest BCUT2D eigenvalue weighted by Gasteiger charge is -2.20. The molecule has 2 N–H and O–H groups in total. The van der Waals surface area contributed by atoms with Gasteiger partial charge in [-0.1, -0.05) is 24.3 Å². The lowest BCUT2D eigenvalue weighted by atomic mass is 10.0. The maximum atomic E-state index is 14.0. The fourth-order valence-corrected chi connectivity index (χ4v) is 3.78. The number of aliphatic carboxylic acids is 1. The van der Waals surface area contributed by atoms with Gasteiger partial charge in [-0.15, -0.1) is 0 Å². The summed E-state index contributed by atoms with van der Waals surface area (Å²) in [7, 11) is 1.39. The van der Waals surface area contributed by atoms with Crippen LogP contribution in [0, 0.1) is 11.6 Å². The fraction of sp³-hybridized carbons (Fsp3) is 0.148. The summed E-state index contributed by atoms with van der Waals surface area (Å²) in [5, 5.41) is 11.5. The molecule has 0 bridgehead atoms. The Bertz CT molecular complexity index is 1470. The van der Waals surface area contributed by atoms with Gasteiger partial charge < -0.3 is 24.5 Å². The van der Waals surface area contributed by atoms with Gasteiger partial charge in [0.15, 0.2) is 11.6 Å². The fourth-order valence-electron chi connectivity index (χ4n) is 3.78. The Morgan fingerprint density at radius 2 is 1.78 bits per heavy atom. The van der Waals surface area contributed by atoms with Crippen LogP contribution >= 0.6 is 0 Å². The molecule has 0 aliphatic rings. The number of nitrogens with one attached hydrogen (secondary N) is 1. The first-order valence-corrected chi connectivity index (χ1v) is 11.2. The van der Waals surface area contributed by atoms with Gasteiger partial charge in [0.2, 0.25) is 5.91 Å². The molecule has 0 fully saturated rings. The highest BCUT2D eigenvalue weighted by Crippen LogP contribution is 2.33. The lowest BCUT2D eigenvalue weighted by molar-refractivity contribution is -0.138. The Kier molecular flexibility index (Phi) is 7.47. The molecule has 0 unspecified atom stereocenters. The number of fused-ring (bicyclic) bond motifs is 1. The van der Waals surface area contributed by atoms with Gasteiger partial charge in [-0.05, 0) is 47.5 Å². The van der Waals surface area contributed by atoms with Gasteiger partial charge in [-0.2, -0.15) is 0 Å². The van der Waals surface area contributed by atoms with Crippen molar-refractivity contribution in [1.29, 1.82) is 0 Å². The minimum absolute atomic E-state index is 0.0574. The summed E-state index contributed by atoms with van der Waals surface area (Å²) in [6, 6.07) is 15.6. The number of rotatable bonds is 9. The van der Waals surface area contributed by atoms with Gasteiger partial charge in [-0.25, -0.2) is 8.78 Å². The first-order chi connectivity index (χ1) is 17.8. The molecular weight excluding hydrogens is 486 g/mol. The summed E-state index contributed by atoms with van der Waals surface area (Å²) in [4.78, 5) is 36.6. The zero-order chi connectivity index (χ0) is 26.5. The van der Waals surface area contributed by atoms with E-state index in [1.165, 1.54) is 25.4 Å². The van der Waals surface area contributed by atoms with Crippen molar-refractivity contribution in [3.8, 4) is 16.9 Å². The van der Waals surface area contributed by atoms with Crippen LogP contribution in [0.15, 0.2) is 71.3 Å². The van der Waals surface area contributed by atoms with Crippen LogP contribution in [0.3, 0.4) is 0 Å². The number of ether oxygens (including phenoxy) is 1. The van der Waals surface area contributed by atoms with Gasteiger partial charge in [0.1, 0.15) is 31.0 Å². The van der Waals surface area contributed by atoms with Crippen LogP contribution in [0.4, 0.5) is 8.78 Å². The Labute approximate surface area is 210 Å². The minimum atomic E-state index is -1.24. The van der Waals surface area contributed by atoms with Crippen LogP contribution in [0.25, 0.3) is 22.1 Å². The first-order valence-electron chi connectivity index (χ1n) is 11.2. The highest BCUT2D eigenvalue weighted by molar-refractivity contribution is 5.98. The molecule has 0 saturated heterocycles. The maximum absolute atomic E-state index is 14.0. The van der Waals surface area contributed by atoms with Crippen molar-refractivity contribution in [2.24, 2.45) is 0 Å². The number of hydrogen-bond acceptors (Lipinski definition) is 5. The predicted molar refractivity (Wildman–Crippen MR) is 130 cm³/mol. The van der Waals surface area contributed by atoms with Crippen molar-refractivity contribution < 1.29 is 37.4 Å². The first kappa shape index (κ1) is 25.4. The summed E-state index contributed by atoms with van der Waals surface area (Å²) in [5.74, 6) is -3.78. The maximum Gasteiger partial charge on any atom is 0.323 e. The minimum Gasteiger partial charge on any atom is -0.489 e. The largest absolute Gasteiger partial charge is 0.489 e. The zero-order valence-electron chi connectivity index (χ0n) is 19.7. The van der Waals surface area contributed by atoms with Crippen molar-refractivity contribution in [3.63, 3.8) is 0 Å². The van der Waals surface area contributed by atoms with Crippen LogP contribution in [0.1, 0.15) is 15.9 Å². The molecule has 0 aliphatic carbocycles. The second kappa shape index (κ2) is 10.9. The highest BCUT2D eigenvalue weighted by atomic mass is 19.2. The van der Waals surface area contributed by atoms with Gasteiger partial charge in [0.25, 0.3) is 5.91 Å². The summed E-state index contributed by atoms with van der Waals surface area (Å²) in [6.45, 7) is -0.916. The van der Waals surface area contributed by atoms with Crippen LogP contribution in [-0.4, -0.2) is 47.9 Å². The van der Waals surface area contributed by atoms with E-state index in [1.807, 2.05) is 0 Å². The Morgan fingerprint density at radius 1 is 1.03 bits per heavy atom. The summed E-state index contributed by atoms with van der Waals surface area (Å²) < 4.78 is 39.2. The predicted octanol–water partition coefficient (Wildman–Crippen LogP) is 4.23. The third-order valence-corrected chi connectivity index (χ3v) is 5.60. The third-order valence-electron chi connectivity index (χ3n) is 5.60. The number of carboxylic acid groups (broad SMARTS) is 1. The monoisotopic (exact) mass is 508 g/mol. The molecule has 0 saturated carbocycles. The molecule has 190 valence electrons. The van der Waals surface area contributed by atoms with E-state index in [-0.39, 0.29) is 23.1 Å². The smallest absolute Gasteiger partial charge is 0.323 e. The van der Waals surface area contributed by atoms with Gasteiger partial charge >= 0.3 is 5.97 Å². The Hall–Kier alpha value is -4.73. The third kappa shape index (κ3) is 5.75. The van der Waals surface area contributed by atoms with E-state index in [0.29, 0.717) is 22.4 Å². The van der Waals surface area contributed by atoms with Gasteiger partial charge in [-0.3, -0.25) is 14.4 Å². The van der Waals surface area contributed by atoms with Crippen LogP contribution in [-0.2, 0) is 16.2 Å².